The fourth-order valence-corrected chi connectivity index (χ4v) is 2.14. The number of nitrogens with one attached hydrogen (secondary N) is 1. The maximum atomic E-state index is 12.8. The first kappa shape index (κ1) is 17.6. The molecule has 0 aliphatic carbocycles. The highest BCUT2D eigenvalue weighted by Gasteiger charge is 2.31. The molecule has 2 aromatic rings. The van der Waals surface area contributed by atoms with E-state index < -0.39 is 45.7 Å². The van der Waals surface area contributed by atoms with Crippen molar-refractivity contribution in [1.29, 1.82) is 5.26 Å². The van der Waals surface area contributed by atoms with Crippen molar-refractivity contribution in [2.75, 3.05) is 14.2 Å². The van der Waals surface area contributed by atoms with E-state index in [1.54, 1.807) is 6.07 Å². The van der Waals surface area contributed by atoms with Gasteiger partial charge in [0.15, 0.2) is 5.78 Å². The smallest absolute Gasteiger partial charge is 0.355 e. The van der Waals surface area contributed by atoms with Crippen molar-refractivity contribution in [3.8, 4) is 6.07 Å². The first-order valence-corrected chi connectivity index (χ1v) is 6.78. The van der Waals surface area contributed by atoms with Crippen LogP contribution in [0.15, 0.2) is 29.3 Å². The number of pyridine rings is 2. The van der Waals surface area contributed by atoms with E-state index >= 15 is 0 Å². The summed E-state index contributed by atoms with van der Waals surface area (Å²) < 4.78 is 9.12. The Labute approximate surface area is 140 Å². The summed E-state index contributed by atoms with van der Waals surface area (Å²) in [6.45, 7) is 0. The van der Waals surface area contributed by atoms with E-state index in [-0.39, 0.29) is 5.56 Å². The molecule has 2 aromatic heterocycles. The second-order valence-electron chi connectivity index (χ2n) is 4.61. The lowest BCUT2D eigenvalue weighted by Crippen LogP contribution is -2.28. The van der Waals surface area contributed by atoms with Crippen molar-refractivity contribution < 1.29 is 23.9 Å². The first-order valence-electron chi connectivity index (χ1n) is 6.78. The second-order valence-corrected chi connectivity index (χ2v) is 4.61. The molecule has 9 heteroatoms. The number of carbonyl (C=O) groups excluding carboxylic acids is 3. The van der Waals surface area contributed by atoms with Gasteiger partial charge >= 0.3 is 11.9 Å². The third kappa shape index (κ3) is 3.13. The summed E-state index contributed by atoms with van der Waals surface area (Å²) >= 11 is 0. The summed E-state index contributed by atoms with van der Waals surface area (Å²) in [4.78, 5) is 54.9. The average Bonchev–Trinajstić information content (AvgIpc) is 2.65. The van der Waals surface area contributed by atoms with Crippen LogP contribution in [0.2, 0.25) is 0 Å². The van der Waals surface area contributed by atoms with Gasteiger partial charge in [0.1, 0.15) is 17.3 Å². The monoisotopic (exact) mass is 341 g/mol. The van der Waals surface area contributed by atoms with Gasteiger partial charge in [0.25, 0.3) is 5.56 Å². The number of nitriles is 1. The van der Waals surface area contributed by atoms with Gasteiger partial charge in [-0.15, -0.1) is 0 Å². The number of ketones is 1. The van der Waals surface area contributed by atoms with Gasteiger partial charge in [0.2, 0.25) is 0 Å². The molecule has 0 unspecified atom stereocenters. The van der Waals surface area contributed by atoms with E-state index in [2.05, 4.69) is 19.4 Å². The number of nitrogens with zero attached hydrogens (tertiary/aromatic N) is 2. The minimum absolute atomic E-state index is 0.0845. The van der Waals surface area contributed by atoms with Crippen LogP contribution in [0.3, 0.4) is 0 Å². The molecule has 0 aliphatic rings. The summed E-state index contributed by atoms with van der Waals surface area (Å²) in [6.07, 6.45) is 2.67. The lowest BCUT2D eigenvalue weighted by atomic mass is 9.94. The third-order valence-electron chi connectivity index (χ3n) is 3.28. The Balaban J connectivity index is 2.93. The molecule has 2 rings (SSSR count). The number of hydrogen-bond donors (Lipinski definition) is 1. The second kappa shape index (κ2) is 7.18. The highest BCUT2D eigenvalue weighted by Crippen LogP contribution is 2.20. The maximum absolute atomic E-state index is 12.8. The van der Waals surface area contributed by atoms with Crippen molar-refractivity contribution in [3.63, 3.8) is 0 Å². The van der Waals surface area contributed by atoms with E-state index in [1.165, 1.54) is 24.5 Å². The fourth-order valence-electron chi connectivity index (χ4n) is 2.14. The SMILES string of the molecule is COC(=O)c1[nH]c(=O)c(C#N)c(C(=O)OC)c1C(=O)c1ccncc1. The van der Waals surface area contributed by atoms with E-state index in [9.17, 15) is 24.4 Å². The lowest BCUT2D eigenvalue weighted by Gasteiger charge is -2.12. The molecule has 9 nitrogen and oxygen atoms in total. The van der Waals surface area contributed by atoms with Gasteiger partial charge in [-0.1, -0.05) is 0 Å². The summed E-state index contributed by atoms with van der Waals surface area (Å²) in [5.74, 6) is -2.94. The van der Waals surface area contributed by atoms with Crippen molar-refractivity contribution >= 4 is 17.7 Å². The van der Waals surface area contributed by atoms with E-state index in [0.29, 0.717) is 0 Å². The van der Waals surface area contributed by atoms with Crippen LogP contribution < -0.4 is 5.56 Å². The van der Waals surface area contributed by atoms with Crippen molar-refractivity contribution in [2.45, 2.75) is 0 Å². The predicted molar refractivity (Wildman–Crippen MR) is 82.1 cm³/mol. The van der Waals surface area contributed by atoms with Gasteiger partial charge in [0, 0.05) is 18.0 Å². The highest BCUT2D eigenvalue weighted by atomic mass is 16.5. The molecule has 0 spiro atoms. The molecule has 25 heavy (non-hydrogen) atoms. The van der Waals surface area contributed by atoms with Crippen LogP contribution >= 0.6 is 0 Å². The van der Waals surface area contributed by atoms with Crippen molar-refractivity contribution in [3.05, 3.63) is 62.8 Å². The zero-order chi connectivity index (χ0) is 18.6. The largest absolute Gasteiger partial charge is 0.465 e. The average molecular weight is 341 g/mol. The minimum Gasteiger partial charge on any atom is -0.465 e. The molecule has 0 radical (unpaired) electrons. The number of aromatic nitrogens is 2. The fraction of sp³-hybridized carbons (Fsp3) is 0.125. The van der Waals surface area contributed by atoms with Crippen molar-refractivity contribution in [2.24, 2.45) is 0 Å². The molecule has 0 aromatic carbocycles. The number of rotatable bonds is 4. The van der Waals surface area contributed by atoms with Gasteiger partial charge in [-0.25, -0.2) is 9.59 Å². The molecular weight excluding hydrogens is 330 g/mol. The molecule has 0 atom stereocenters. The Kier molecular flexibility index (Phi) is 5.04. The molecule has 2 heterocycles. The van der Waals surface area contributed by atoms with Crippen molar-refractivity contribution in [1.82, 2.24) is 9.97 Å². The quantitative estimate of drug-likeness (QED) is 0.624. The zero-order valence-electron chi connectivity index (χ0n) is 13.2. The Bertz CT molecular complexity index is 956. The number of methoxy groups -OCH3 is 2. The Morgan fingerprint density at radius 2 is 1.68 bits per heavy atom. The molecule has 0 saturated heterocycles. The number of aromatic amines is 1. The third-order valence-corrected chi connectivity index (χ3v) is 3.28. The molecule has 0 fully saturated rings. The summed E-state index contributed by atoms with van der Waals surface area (Å²) in [6, 6.07) is 4.25. The van der Waals surface area contributed by atoms with Crippen LogP contribution in [-0.4, -0.2) is 41.9 Å². The number of H-pyrrole nitrogens is 1. The Hall–Kier alpha value is -3.80. The first-order chi connectivity index (χ1) is 12.0. The van der Waals surface area contributed by atoms with Gasteiger partial charge in [-0.2, -0.15) is 5.26 Å². The van der Waals surface area contributed by atoms with E-state index in [1.807, 2.05) is 0 Å². The number of ether oxygens (including phenoxy) is 2. The van der Waals surface area contributed by atoms with Crippen LogP contribution in [-0.2, 0) is 9.47 Å². The molecule has 0 amide bonds. The van der Waals surface area contributed by atoms with Crippen LogP contribution in [0.5, 0.6) is 0 Å². The number of carbonyl (C=O) groups is 3. The number of esters is 2. The molecule has 0 bridgehead atoms. The summed E-state index contributed by atoms with van der Waals surface area (Å²) in [5.41, 5.74) is -3.21. The van der Waals surface area contributed by atoms with Crippen LogP contribution in [0, 0.1) is 11.3 Å². The zero-order valence-corrected chi connectivity index (χ0v) is 13.2. The van der Waals surface area contributed by atoms with Gasteiger partial charge < -0.3 is 14.5 Å². The summed E-state index contributed by atoms with van der Waals surface area (Å²) in [5, 5.41) is 9.19. The minimum atomic E-state index is -1.11. The van der Waals surface area contributed by atoms with Crippen LogP contribution in [0.1, 0.15) is 42.3 Å². The van der Waals surface area contributed by atoms with Gasteiger partial charge in [-0.3, -0.25) is 14.6 Å². The van der Waals surface area contributed by atoms with Crippen LogP contribution in [0.4, 0.5) is 0 Å². The standard InChI is InChI=1S/C16H11N3O6/c1-24-15(22)10-9(7-17)14(21)19-12(16(23)25-2)11(10)13(20)8-3-5-18-6-4-8/h3-6H,1-2H3,(H,19,21). The van der Waals surface area contributed by atoms with E-state index in [0.717, 1.165) is 14.2 Å². The normalized spacial score (nSPS) is 9.80. The van der Waals surface area contributed by atoms with Crippen LogP contribution in [0.25, 0.3) is 0 Å². The molecule has 126 valence electrons. The topological polar surface area (TPSA) is 139 Å². The Morgan fingerprint density at radius 3 is 2.20 bits per heavy atom. The van der Waals surface area contributed by atoms with Gasteiger partial charge in [0.05, 0.1) is 25.3 Å². The lowest BCUT2D eigenvalue weighted by molar-refractivity contribution is 0.0586. The number of hydrogen-bond acceptors (Lipinski definition) is 8. The van der Waals surface area contributed by atoms with E-state index in [4.69, 9.17) is 0 Å². The molecule has 1 N–H and O–H groups in total. The molecule has 0 saturated carbocycles. The predicted octanol–water partition coefficient (Wildman–Crippen LogP) is 0.446. The highest BCUT2D eigenvalue weighted by molar-refractivity contribution is 6.19. The summed E-state index contributed by atoms with van der Waals surface area (Å²) in [7, 11) is 2.06. The molecule has 0 aliphatic heterocycles. The maximum Gasteiger partial charge on any atom is 0.355 e. The van der Waals surface area contributed by atoms with Gasteiger partial charge in [-0.05, 0) is 12.1 Å². The molecular formula is C16H11N3O6. The Morgan fingerprint density at radius 1 is 1.08 bits per heavy atom.